The third kappa shape index (κ3) is 3.54. The maximum atomic E-state index is 12.2. The number of piperazine rings is 1. The largest absolute Gasteiger partial charge is 0.340 e. The van der Waals surface area contributed by atoms with Gasteiger partial charge in [0, 0.05) is 32.1 Å². The number of amides is 1. The molecule has 1 fully saturated rings. The Morgan fingerprint density at radius 1 is 1.53 bits per heavy atom. The topological polar surface area (TPSA) is 32.3 Å². The van der Waals surface area contributed by atoms with Crippen molar-refractivity contribution in [2.45, 2.75) is 19.8 Å². The van der Waals surface area contributed by atoms with Crippen LogP contribution in [0.15, 0.2) is 16.8 Å². The molecule has 1 N–H and O–H groups in total. The number of carbonyl (C=O) groups excluding carboxylic acids is 1. The molecule has 0 spiro atoms. The predicted molar refractivity (Wildman–Crippen MR) is 71.3 cm³/mol. The third-order valence-electron chi connectivity index (χ3n) is 3.30. The van der Waals surface area contributed by atoms with Crippen LogP contribution in [-0.2, 0) is 11.2 Å². The molecule has 2 rings (SSSR count). The molecule has 1 saturated heterocycles. The van der Waals surface area contributed by atoms with E-state index in [2.05, 4.69) is 29.1 Å². The molecular formula is C13H20N2OS. The van der Waals surface area contributed by atoms with Crippen molar-refractivity contribution in [2.24, 2.45) is 5.92 Å². The van der Waals surface area contributed by atoms with Crippen molar-refractivity contribution >= 4 is 17.2 Å². The Kier molecular flexibility index (Phi) is 4.57. The number of carbonyl (C=O) groups is 1. The van der Waals surface area contributed by atoms with Crippen LogP contribution >= 0.6 is 11.3 Å². The predicted octanol–water partition coefficient (Wildman–Crippen LogP) is 1.75. The fraction of sp³-hybridized carbons (Fsp3) is 0.615. The summed E-state index contributed by atoms with van der Waals surface area (Å²) in [6.45, 7) is 5.64. The molecular weight excluding hydrogens is 232 g/mol. The van der Waals surface area contributed by atoms with E-state index in [-0.39, 0.29) is 5.92 Å². The van der Waals surface area contributed by atoms with Crippen LogP contribution in [0.5, 0.6) is 0 Å². The molecule has 0 bridgehead atoms. The lowest BCUT2D eigenvalue weighted by Crippen LogP contribution is -2.48. The summed E-state index contributed by atoms with van der Waals surface area (Å²) in [7, 11) is 0. The summed E-state index contributed by atoms with van der Waals surface area (Å²) in [5, 5.41) is 7.53. The third-order valence-corrected chi connectivity index (χ3v) is 4.03. The fourth-order valence-electron chi connectivity index (χ4n) is 2.14. The molecule has 3 nitrogen and oxygen atoms in total. The van der Waals surface area contributed by atoms with Crippen LogP contribution in [0, 0.1) is 5.92 Å². The van der Waals surface area contributed by atoms with E-state index in [1.165, 1.54) is 5.56 Å². The number of hydrogen-bond acceptors (Lipinski definition) is 3. The molecule has 1 aliphatic rings. The van der Waals surface area contributed by atoms with E-state index in [0.717, 1.165) is 39.0 Å². The SMILES string of the molecule is CC(CCc1ccsc1)C(=O)N1CCNCC1. The average molecular weight is 252 g/mol. The first-order valence-corrected chi connectivity index (χ1v) is 7.22. The van der Waals surface area contributed by atoms with Crippen LogP contribution in [0.25, 0.3) is 0 Å². The van der Waals surface area contributed by atoms with Gasteiger partial charge >= 0.3 is 0 Å². The van der Waals surface area contributed by atoms with Crippen molar-refractivity contribution in [2.75, 3.05) is 26.2 Å². The van der Waals surface area contributed by atoms with Gasteiger partial charge in [-0.2, -0.15) is 11.3 Å². The molecule has 0 radical (unpaired) electrons. The number of rotatable bonds is 4. The zero-order valence-electron chi connectivity index (χ0n) is 10.3. The highest BCUT2D eigenvalue weighted by molar-refractivity contribution is 7.07. The molecule has 2 heterocycles. The number of nitrogens with zero attached hydrogens (tertiary/aromatic N) is 1. The van der Waals surface area contributed by atoms with E-state index in [0.29, 0.717) is 5.91 Å². The molecule has 1 aromatic rings. The van der Waals surface area contributed by atoms with Gasteiger partial charge in [-0.25, -0.2) is 0 Å². The quantitative estimate of drug-likeness (QED) is 0.885. The van der Waals surface area contributed by atoms with Gasteiger partial charge in [-0.3, -0.25) is 4.79 Å². The van der Waals surface area contributed by atoms with E-state index in [9.17, 15) is 4.79 Å². The van der Waals surface area contributed by atoms with Crippen LogP contribution in [0.4, 0.5) is 0 Å². The second-order valence-corrected chi connectivity index (χ2v) is 5.43. The Labute approximate surface area is 107 Å². The first-order chi connectivity index (χ1) is 8.27. The minimum Gasteiger partial charge on any atom is -0.340 e. The zero-order chi connectivity index (χ0) is 12.1. The first-order valence-electron chi connectivity index (χ1n) is 6.28. The lowest BCUT2D eigenvalue weighted by Gasteiger charge is -2.29. The average Bonchev–Trinajstić information content (AvgIpc) is 2.89. The molecule has 1 amide bonds. The van der Waals surface area contributed by atoms with Crippen molar-refractivity contribution in [1.82, 2.24) is 10.2 Å². The van der Waals surface area contributed by atoms with Crippen LogP contribution in [0.3, 0.4) is 0 Å². The molecule has 0 aromatic carbocycles. The smallest absolute Gasteiger partial charge is 0.225 e. The Morgan fingerprint density at radius 3 is 2.94 bits per heavy atom. The van der Waals surface area contributed by atoms with Crippen LogP contribution in [0.2, 0.25) is 0 Å². The van der Waals surface area contributed by atoms with Gasteiger partial charge in [-0.15, -0.1) is 0 Å². The van der Waals surface area contributed by atoms with Crippen molar-refractivity contribution in [3.8, 4) is 0 Å². The Hall–Kier alpha value is -0.870. The normalized spacial score (nSPS) is 18.1. The van der Waals surface area contributed by atoms with Crippen LogP contribution in [-0.4, -0.2) is 37.0 Å². The maximum absolute atomic E-state index is 12.2. The van der Waals surface area contributed by atoms with Gasteiger partial charge < -0.3 is 10.2 Å². The lowest BCUT2D eigenvalue weighted by atomic mass is 10.0. The highest BCUT2D eigenvalue weighted by atomic mass is 32.1. The second kappa shape index (κ2) is 6.17. The lowest BCUT2D eigenvalue weighted by molar-refractivity contribution is -0.135. The molecule has 1 atom stereocenters. The molecule has 4 heteroatoms. The van der Waals surface area contributed by atoms with Gasteiger partial charge in [-0.1, -0.05) is 6.92 Å². The molecule has 1 aliphatic heterocycles. The minimum absolute atomic E-state index is 0.146. The molecule has 0 saturated carbocycles. The minimum atomic E-state index is 0.146. The fourth-order valence-corrected chi connectivity index (χ4v) is 2.84. The zero-order valence-corrected chi connectivity index (χ0v) is 11.1. The summed E-state index contributed by atoms with van der Waals surface area (Å²) in [6.07, 6.45) is 1.97. The maximum Gasteiger partial charge on any atom is 0.225 e. The second-order valence-electron chi connectivity index (χ2n) is 4.65. The highest BCUT2D eigenvalue weighted by Gasteiger charge is 2.21. The summed E-state index contributed by atoms with van der Waals surface area (Å²) in [4.78, 5) is 14.2. The van der Waals surface area contributed by atoms with Gasteiger partial charge in [0.1, 0.15) is 0 Å². The van der Waals surface area contributed by atoms with Crippen molar-refractivity contribution in [3.63, 3.8) is 0 Å². The molecule has 94 valence electrons. The first kappa shape index (κ1) is 12.6. The summed E-state index contributed by atoms with van der Waals surface area (Å²) in [5.74, 6) is 0.467. The van der Waals surface area contributed by atoms with Crippen LogP contribution in [0.1, 0.15) is 18.9 Å². The van der Waals surface area contributed by atoms with E-state index < -0.39 is 0 Å². The molecule has 1 unspecified atom stereocenters. The van der Waals surface area contributed by atoms with Crippen molar-refractivity contribution < 1.29 is 4.79 Å². The van der Waals surface area contributed by atoms with E-state index in [1.54, 1.807) is 11.3 Å². The summed E-state index contributed by atoms with van der Waals surface area (Å²) < 4.78 is 0. The van der Waals surface area contributed by atoms with Gasteiger partial charge in [0.05, 0.1) is 0 Å². The van der Waals surface area contributed by atoms with Crippen molar-refractivity contribution in [1.29, 1.82) is 0 Å². The van der Waals surface area contributed by atoms with Gasteiger partial charge in [0.25, 0.3) is 0 Å². The number of hydrogen-bond donors (Lipinski definition) is 1. The number of aryl methyl sites for hydroxylation is 1. The van der Waals surface area contributed by atoms with E-state index >= 15 is 0 Å². The molecule has 17 heavy (non-hydrogen) atoms. The molecule has 0 aliphatic carbocycles. The van der Waals surface area contributed by atoms with Crippen molar-refractivity contribution in [3.05, 3.63) is 22.4 Å². The molecule has 1 aromatic heterocycles. The van der Waals surface area contributed by atoms with Gasteiger partial charge in [0.15, 0.2) is 0 Å². The Bertz CT molecular complexity index is 344. The van der Waals surface area contributed by atoms with Gasteiger partial charge in [0.2, 0.25) is 5.91 Å². The number of nitrogens with one attached hydrogen (secondary N) is 1. The monoisotopic (exact) mass is 252 g/mol. The standard InChI is InChI=1S/C13H20N2OS/c1-11(2-3-12-4-9-17-10-12)13(16)15-7-5-14-6-8-15/h4,9-11,14H,2-3,5-8H2,1H3. The number of thiophene rings is 1. The van der Waals surface area contributed by atoms with Gasteiger partial charge in [-0.05, 0) is 35.2 Å². The van der Waals surface area contributed by atoms with E-state index in [4.69, 9.17) is 0 Å². The Balaban J connectivity index is 1.78. The summed E-state index contributed by atoms with van der Waals surface area (Å²) >= 11 is 1.72. The summed E-state index contributed by atoms with van der Waals surface area (Å²) in [5.41, 5.74) is 1.36. The van der Waals surface area contributed by atoms with E-state index in [1.807, 2.05) is 4.90 Å². The van der Waals surface area contributed by atoms with Crippen LogP contribution < -0.4 is 5.32 Å². The summed E-state index contributed by atoms with van der Waals surface area (Å²) in [6, 6.07) is 2.15. The highest BCUT2D eigenvalue weighted by Crippen LogP contribution is 2.14. The Morgan fingerprint density at radius 2 is 2.29 bits per heavy atom.